The average molecular weight is 365 g/mol. The van der Waals surface area contributed by atoms with Crippen LogP contribution in [0.25, 0.3) is 0 Å². The number of carboxylic acid groups (broad SMARTS) is 1. The van der Waals surface area contributed by atoms with Crippen LogP contribution in [0.1, 0.15) is 32.1 Å². The lowest BCUT2D eigenvalue weighted by Crippen LogP contribution is -2.42. The Balaban J connectivity index is 1.56. The van der Waals surface area contributed by atoms with Gasteiger partial charge in [-0.1, -0.05) is 18.2 Å². The van der Waals surface area contributed by atoms with E-state index < -0.39 is 5.97 Å². The maximum Gasteiger partial charge on any atom is 0.303 e. The van der Waals surface area contributed by atoms with Crippen LogP contribution in [0.5, 0.6) is 0 Å². The van der Waals surface area contributed by atoms with Crippen LogP contribution in [0.3, 0.4) is 0 Å². The van der Waals surface area contributed by atoms with Gasteiger partial charge in [0, 0.05) is 24.4 Å². The minimum Gasteiger partial charge on any atom is -0.481 e. The highest BCUT2D eigenvalue weighted by atomic mass is 32.2. The van der Waals surface area contributed by atoms with Gasteiger partial charge in [0.2, 0.25) is 5.91 Å². The van der Waals surface area contributed by atoms with E-state index in [4.69, 9.17) is 5.11 Å². The predicted octanol–water partition coefficient (Wildman–Crippen LogP) is 2.86. The minimum absolute atomic E-state index is 0.0728. The Hall–Kier alpha value is -1.53. The van der Waals surface area contributed by atoms with Crippen LogP contribution in [0.15, 0.2) is 35.2 Å². The van der Waals surface area contributed by atoms with Crippen molar-refractivity contribution in [3.05, 3.63) is 30.3 Å². The summed E-state index contributed by atoms with van der Waals surface area (Å²) in [5.74, 6) is 0.734. The first-order valence-corrected chi connectivity index (χ1v) is 10.0. The number of carboxylic acids is 1. The Kier molecular flexibility index (Phi) is 8.83. The molecular weight excluding hydrogens is 336 g/mol. The molecule has 0 bridgehead atoms. The number of piperidine rings is 1. The molecule has 6 heteroatoms. The molecule has 1 amide bonds. The second-order valence-electron chi connectivity index (χ2n) is 6.54. The van der Waals surface area contributed by atoms with Gasteiger partial charge in [-0.25, -0.2) is 0 Å². The van der Waals surface area contributed by atoms with E-state index >= 15 is 0 Å². The third-order valence-electron chi connectivity index (χ3n) is 4.39. The number of thioether (sulfide) groups is 1. The fraction of sp³-hybridized carbons (Fsp3) is 0.579. The van der Waals surface area contributed by atoms with Crippen LogP contribution < -0.4 is 5.32 Å². The lowest BCUT2D eigenvalue weighted by molar-refractivity contribution is -0.137. The average Bonchev–Trinajstić information content (AvgIpc) is 2.61. The van der Waals surface area contributed by atoms with Crippen LogP contribution in [0.2, 0.25) is 0 Å². The molecule has 1 atom stereocenters. The number of rotatable bonds is 10. The molecule has 138 valence electrons. The van der Waals surface area contributed by atoms with Crippen molar-refractivity contribution in [3.63, 3.8) is 0 Å². The van der Waals surface area contributed by atoms with Crippen LogP contribution >= 0.6 is 11.8 Å². The highest BCUT2D eigenvalue weighted by Gasteiger charge is 2.21. The van der Waals surface area contributed by atoms with Gasteiger partial charge >= 0.3 is 5.97 Å². The van der Waals surface area contributed by atoms with E-state index in [-0.39, 0.29) is 12.3 Å². The molecule has 5 nitrogen and oxygen atoms in total. The summed E-state index contributed by atoms with van der Waals surface area (Å²) in [5.41, 5.74) is 0. The van der Waals surface area contributed by atoms with Gasteiger partial charge in [0.1, 0.15) is 0 Å². The van der Waals surface area contributed by atoms with Gasteiger partial charge in [0.05, 0.1) is 6.54 Å². The van der Waals surface area contributed by atoms with Gasteiger partial charge < -0.3 is 10.4 Å². The Morgan fingerprint density at radius 3 is 2.84 bits per heavy atom. The molecule has 2 rings (SSSR count). The number of nitrogens with zero attached hydrogens (tertiary/aromatic N) is 1. The molecule has 1 fully saturated rings. The maximum atomic E-state index is 12.1. The third kappa shape index (κ3) is 8.40. The number of carbonyl (C=O) groups excluding carboxylic acids is 1. The molecule has 0 saturated carbocycles. The van der Waals surface area contributed by atoms with E-state index in [0.717, 1.165) is 38.1 Å². The summed E-state index contributed by atoms with van der Waals surface area (Å²) in [5, 5.41) is 11.8. The largest absolute Gasteiger partial charge is 0.481 e. The Morgan fingerprint density at radius 2 is 2.08 bits per heavy atom. The van der Waals surface area contributed by atoms with Crippen molar-refractivity contribution in [1.29, 1.82) is 0 Å². The van der Waals surface area contributed by atoms with Crippen molar-refractivity contribution in [2.45, 2.75) is 37.0 Å². The molecule has 1 aromatic rings. The van der Waals surface area contributed by atoms with Crippen molar-refractivity contribution in [2.24, 2.45) is 5.92 Å². The quantitative estimate of drug-likeness (QED) is 0.493. The van der Waals surface area contributed by atoms with E-state index in [0.29, 0.717) is 25.4 Å². The highest BCUT2D eigenvalue weighted by Crippen LogP contribution is 2.20. The first-order chi connectivity index (χ1) is 12.1. The normalized spacial score (nSPS) is 18.0. The molecule has 1 aliphatic heterocycles. The molecule has 25 heavy (non-hydrogen) atoms. The molecule has 2 N–H and O–H groups in total. The standard InChI is InChI=1S/C19H28N2O3S/c22-18(20-11-5-13-25-17-7-2-1-3-8-17)15-21-12-4-6-16(14-21)9-10-19(23)24/h1-3,7-8,16H,4-6,9-15H2,(H,20,22)(H,23,24). The zero-order valence-corrected chi connectivity index (χ0v) is 15.5. The van der Waals surface area contributed by atoms with Gasteiger partial charge in [0.25, 0.3) is 0 Å². The summed E-state index contributed by atoms with van der Waals surface area (Å²) < 4.78 is 0. The number of nitrogens with one attached hydrogen (secondary N) is 1. The van der Waals surface area contributed by atoms with Crippen LogP contribution in [-0.4, -0.2) is 53.8 Å². The summed E-state index contributed by atoms with van der Waals surface area (Å²) >= 11 is 1.81. The van der Waals surface area contributed by atoms with Crippen molar-refractivity contribution < 1.29 is 14.7 Å². The number of aliphatic carboxylic acids is 1. The second-order valence-corrected chi connectivity index (χ2v) is 7.71. The molecule has 1 aromatic carbocycles. The monoisotopic (exact) mass is 364 g/mol. The SMILES string of the molecule is O=C(O)CCC1CCCN(CC(=O)NCCCSc2ccccc2)C1. The zero-order chi connectivity index (χ0) is 17.9. The zero-order valence-electron chi connectivity index (χ0n) is 14.7. The molecule has 0 spiro atoms. The lowest BCUT2D eigenvalue weighted by atomic mass is 9.93. The minimum atomic E-state index is -0.733. The molecule has 0 aliphatic carbocycles. The van der Waals surface area contributed by atoms with Gasteiger partial charge in [-0.15, -0.1) is 11.8 Å². The second kappa shape index (κ2) is 11.2. The van der Waals surface area contributed by atoms with E-state index in [9.17, 15) is 9.59 Å². The van der Waals surface area contributed by atoms with E-state index in [1.54, 1.807) is 11.8 Å². The molecule has 1 aliphatic rings. The van der Waals surface area contributed by atoms with Gasteiger partial charge in [-0.2, -0.15) is 0 Å². The number of likely N-dealkylation sites (tertiary alicyclic amines) is 1. The van der Waals surface area contributed by atoms with Gasteiger partial charge in [0.15, 0.2) is 0 Å². The molecule has 1 heterocycles. The predicted molar refractivity (Wildman–Crippen MR) is 101 cm³/mol. The number of amides is 1. The van der Waals surface area contributed by atoms with E-state index in [2.05, 4.69) is 22.3 Å². The lowest BCUT2D eigenvalue weighted by Gasteiger charge is -2.32. The first-order valence-electron chi connectivity index (χ1n) is 9.02. The Bertz CT molecular complexity index is 539. The summed E-state index contributed by atoms with van der Waals surface area (Å²) in [6.45, 7) is 2.90. The summed E-state index contributed by atoms with van der Waals surface area (Å²) in [6.07, 6.45) is 4.01. The van der Waals surface area contributed by atoms with E-state index in [1.165, 1.54) is 4.90 Å². The Morgan fingerprint density at radius 1 is 1.28 bits per heavy atom. The van der Waals surface area contributed by atoms with Gasteiger partial charge in [-0.05, 0) is 56.0 Å². The number of hydrogen-bond acceptors (Lipinski definition) is 4. The molecule has 0 radical (unpaired) electrons. The van der Waals surface area contributed by atoms with Crippen LogP contribution in [0.4, 0.5) is 0 Å². The van der Waals surface area contributed by atoms with Crippen LogP contribution in [0, 0.1) is 5.92 Å². The molecule has 0 aromatic heterocycles. The van der Waals surface area contributed by atoms with Crippen molar-refractivity contribution in [2.75, 3.05) is 31.9 Å². The third-order valence-corrected chi connectivity index (χ3v) is 5.49. The summed E-state index contributed by atoms with van der Waals surface area (Å²) in [7, 11) is 0. The first kappa shape index (κ1) is 19.8. The number of hydrogen-bond donors (Lipinski definition) is 2. The summed E-state index contributed by atoms with van der Waals surface area (Å²) in [6, 6.07) is 10.3. The topological polar surface area (TPSA) is 69.6 Å². The molecular formula is C19H28N2O3S. The van der Waals surface area contributed by atoms with Crippen molar-refractivity contribution in [1.82, 2.24) is 10.2 Å². The van der Waals surface area contributed by atoms with Crippen molar-refractivity contribution >= 4 is 23.6 Å². The van der Waals surface area contributed by atoms with E-state index in [1.807, 2.05) is 18.2 Å². The molecule has 1 saturated heterocycles. The highest BCUT2D eigenvalue weighted by molar-refractivity contribution is 7.99. The molecule has 1 unspecified atom stereocenters. The van der Waals surface area contributed by atoms with Crippen molar-refractivity contribution in [3.8, 4) is 0 Å². The Labute approximate surface area is 154 Å². The number of benzene rings is 1. The summed E-state index contributed by atoms with van der Waals surface area (Å²) in [4.78, 5) is 26.2. The van der Waals surface area contributed by atoms with Gasteiger partial charge in [-0.3, -0.25) is 14.5 Å². The fourth-order valence-electron chi connectivity index (χ4n) is 3.12. The number of carbonyl (C=O) groups is 2. The smallest absolute Gasteiger partial charge is 0.303 e. The maximum absolute atomic E-state index is 12.1. The fourth-order valence-corrected chi connectivity index (χ4v) is 4.00. The van der Waals surface area contributed by atoms with Crippen LogP contribution in [-0.2, 0) is 9.59 Å².